The van der Waals surface area contributed by atoms with Crippen LogP contribution in [0.15, 0.2) is 0 Å². The number of nitrogens with one attached hydrogen (secondary N) is 1. The van der Waals surface area contributed by atoms with E-state index in [1.165, 1.54) is 0 Å². The first-order valence-corrected chi connectivity index (χ1v) is 8.65. The second-order valence-corrected chi connectivity index (χ2v) is 6.66. The highest BCUT2D eigenvalue weighted by Crippen LogP contribution is 2.21. The lowest BCUT2D eigenvalue weighted by molar-refractivity contribution is -0.131. The fourth-order valence-corrected chi connectivity index (χ4v) is 2.71. The highest BCUT2D eigenvalue weighted by molar-refractivity contribution is 5.84. The molecule has 0 aliphatic carbocycles. The fourth-order valence-electron chi connectivity index (χ4n) is 2.71. The van der Waals surface area contributed by atoms with Crippen molar-refractivity contribution in [2.24, 2.45) is 11.8 Å². The van der Waals surface area contributed by atoms with Crippen molar-refractivity contribution < 1.29 is 9.53 Å². The minimum atomic E-state index is -0.0118. The molecule has 0 aromatic rings. The third kappa shape index (κ3) is 5.59. The van der Waals surface area contributed by atoms with Crippen molar-refractivity contribution in [3.63, 3.8) is 0 Å². The van der Waals surface area contributed by atoms with Gasteiger partial charge in [0.1, 0.15) is 0 Å². The first kappa shape index (κ1) is 18.4. The van der Waals surface area contributed by atoms with Gasteiger partial charge in [-0.3, -0.25) is 10.1 Å². The molecule has 124 valence electrons. The van der Waals surface area contributed by atoms with Gasteiger partial charge in [-0.25, -0.2) is 0 Å². The molecular weight excluding hydrogens is 264 g/mol. The highest BCUT2D eigenvalue weighted by Gasteiger charge is 2.39. The number of amides is 1. The first-order valence-electron chi connectivity index (χ1n) is 8.65. The molecule has 21 heavy (non-hydrogen) atoms. The Bertz CT molecular complexity index is 307. The first-order chi connectivity index (χ1) is 10.0. The second-order valence-electron chi connectivity index (χ2n) is 6.66. The van der Waals surface area contributed by atoms with Crippen LogP contribution in [0.25, 0.3) is 0 Å². The highest BCUT2D eigenvalue weighted by atomic mass is 16.5. The number of ether oxygens (including phenoxy) is 1. The summed E-state index contributed by atoms with van der Waals surface area (Å²) < 4.78 is 5.68. The van der Waals surface area contributed by atoms with E-state index in [-0.39, 0.29) is 18.1 Å². The quantitative estimate of drug-likeness (QED) is 0.630. The van der Waals surface area contributed by atoms with Crippen LogP contribution >= 0.6 is 0 Å². The van der Waals surface area contributed by atoms with Crippen molar-refractivity contribution >= 4 is 5.91 Å². The number of carbonyl (C=O) groups excluding carboxylic acids is 1. The number of carbonyl (C=O) groups is 1. The van der Waals surface area contributed by atoms with Crippen molar-refractivity contribution in [1.29, 1.82) is 0 Å². The maximum Gasteiger partial charge on any atom is 0.241 e. The molecule has 1 fully saturated rings. The van der Waals surface area contributed by atoms with Crippen LogP contribution in [0.3, 0.4) is 0 Å². The molecule has 3 atom stereocenters. The zero-order chi connectivity index (χ0) is 15.8. The molecule has 1 aliphatic heterocycles. The van der Waals surface area contributed by atoms with Crippen LogP contribution in [0.2, 0.25) is 0 Å². The maximum atomic E-state index is 12.6. The molecule has 0 saturated carbocycles. The summed E-state index contributed by atoms with van der Waals surface area (Å²) in [7, 11) is 0. The summed E-state index contributed by atoms with van der Waals surface area (Å²) in [6.45, 7) is 13.0. The molecule has 0 bridgehead atoms. The Balaban J connectivity index is 2.46. The van der Waals surface area contributed by atoms with Gasteiger partial charge >= 0.3 is 0 Å². The maximum absolute atomic E-state index is 12.6. The largest absolute Gasteiger partial charge is 0.380 e. The lowest BCUT2D eigenvalue weighted by Crippen LogP contribution is -2.39. The number of nitrogens with zero attached hydrogens (tertiary/aromatic N) is 1. The monoisotopic (exact) mass is 298 g/mol. The standard InChI is InChI=1S/C17H34N2O2/c1-6-8-15-18-16(14(5)7-2)17(20)19(15)10-12-21-11-9-13(3)4/h13-16,18H,6-12H2,1-5H3. The van der Waals surface area contributed by atoms with E-state index < -0.39 is 0 Å². The molecule has 0 spiro atoms. The predicted octanol–water partition coefficient (Wildman–Crippen LogP) is 3.02. The third-order valence-electron chi connectivity index (χ3n) is 4.39. The number of hydrogen-bond acceptors (Lipinski definition) is 3. The van der Waals surface area contributed by atoms with E-state index in [4.69, 9.17) is 4.74 Å². The average molecular weight is 298 g/mol. The molecule has 1 N–H and O–H groups in total. The molecule has 1 aliphatic rings. The summed E-state index contributed by atoms with van der Waals surface area (Å²) in [5, 5.41) is 3.52. The van der Waals surface area contributed by atoms with Gasteiger partial charge in [-0.1, -0.05) is 47.5 Å². The van der Waals surface area contributed by atoms with E-state index in [2.05, 4.69) is 39.9 Å². The van der Waals surface area contributed by atoms with E-state index in [0.717, 1.165) is 32.3 Å². The van der Waals surface area contributed by atoms with Crippen LogP contribution in [-0.4, -0.2) is 42.8 Å². The number of hydrogen-bond donors (Lipinski definition) is 1. The van der Waals surface area contributed by atoms with Crippen LogP contribution in [0.1, 0.15) is 60.3 Å². The van der Waals surface area contributed by atoms with Crippen LogP contribution in [0, 0.1) is 11.8 Å². The van der Waals surface area contributed by atoms with Crippen LogP contribution < -0.4 is 5.32 Å². The Kier molecular flexibility index (Phi) is 8.27. The van der Waals surface area contributed by atoms with Crippen LogP contribution in [0.4, 0.5) is 0 Å². The molecule has 0 aromatic heterocycles. The zero-order valence-corrected chi connectivity index (χ0v) is 14.5. The minimum Gasteiger partial charge on any atom is -0.380 e. The van der Waals surface area contributed by atoms with Gasteiger partial charge in [0, 0.05) is 13.2 Å². The lowest BCUT2D eigenvalue weighted by Gasteiger charge is -2.23. The molecule has 0 aromatic carbocycles. The van der Waals surface area contributed by atoms with Crippen LogP contribution in [-0.2, 0) is 9.53 Å². The molecule has 1 amide bonds. The number of rotatable bonds is 10. The lowest BCUT2D eigenvalue weighted by atomic mass is 9.99. The summed E-state index contributed by atoms with van der Waals surface area (Å²) in [4.78, 5) is 14.6. The van der Waals surface area contributed by atoms with Crippen molar-refractivity contribution in [2.45, 2.75) is 72.5 Å². The van der Waals surface area contributed by atoms with Gasteiger partial charge in [0.05, 0.1) is 18.8 Å². The average Bonchev–Trinajstić information content (AvgIpc) is 2.75. The van der Waals surface area contributed by atoms with Gasteiger partial charge < -0.3 is 9.64 Å². The predicted molar refractivity (Wildman–Crippen MR) is 87.1 cm³/mol. The van der Waals surface area contributed by atoms with E-state index in [1.54, 1.807) is 0 Å². The normalized spacial score (nSPS) is 24.1. The van der Waals surface area contributed by atoms with E-state index >= 15 is 0 Å². The van der Waals surface area contributed by atoms with E-state index in [1.807, 2.05) is 4.90 Å². The molecule has 4 nitrogen and oxygen atoms in total. The third-order valence-corrected chi connectivity index (χ3v) is 4.39. The summed E-state index contributed by atoms with van der Waals surface area (Å²) in [6, 6.07) is -0.0118. The molecule has 1 heterocycles. The Morgan fingerprint density at radius 2 is 1.95 bits per heavy atom. The van der Waals surface area contributed by atoms with Gasteiger partial charge in [0.15, 0.2) is 0 Å². The van der Waals surface area contributed by atoms with Gasteiger partial charge in [-0.05, 0) is 24.7 Å². The summed E-state index contributed by atoms with van der Waals surface area (Å²) in [6.07, 6.45) is 4.41. The van der Waals surface area contributed by atoms with Crippen molar-refractivity contribution in [1.82, 2.24) is 10.2 Å². The van der Waals surface area contributed by atoms with Gasteiger partial charge in [-0.2, -0.15) is 0 Å². The van der Waals surface area contributed by atoms with Crippen molar-refractivity contribution in [3.8, 4) is 0 Å². The Morgan fingerprint density at radius 1 is 1.24 bits per heavy atom. The molecule has 3 unspecified atom stereocenters. The Labute approximate surface area is 130 Å². The molecule has 1 rings (SSSR count). The van der Waals surface area contributed by atoms with E-state index in [0.29, 0.717) is 25.0 Å². The molecule has 1 saturated heterocycles. The fraction of sp³-hybridized carbons (Fsp3) is 0.941. The molecule has 0 radical (unpaired) electrons. The summed E-state index contributed by atoms with van der Waals surface area (Å²) >= 11 is 0. The second kappa shape index (κ2) is 9.42. The zero-order valence-electron chi connectivity index (χ0n) is 14.5. The van der Waals surface area contributed by atoms with Crippen LogP contribution in [0.5, 0.6) is 0 Å². The van der Waals surface area contributed by atoms with Gasteiger partial charge in [0.2, 0.25) is 5.91 Å². The molecule has 4 heteroatoms. The SMILES string of the molecule is CCCC1NC(C(C)CC)C(=O)N1CCOCCC(C)C. The van der Waals surface area contributed by atoms with Gasteiger partial charge in [-0.15, -0.1) is 0 Å². The summed E-state index contributed by atoms with van der Waals surface area (Å²) in [5.41, 5.74) is 0. The van der Waals surface area contributed by atoms with Crippen molar-refractivity contribution in [2.75, 3.05) is 19.8 Å². The summed E-state index contributed by atoms with van der Waals surface area (Å²) in [5.74, 6) is 1.32. The Morgan fingerprint density at radius 3 is 2.52 bits per heavy atom. The topological polar surface area (TPSA) is 41.6 Å². The van der Waals surface area contributed by atoms with Gasteiger partial charge in [0.25, 0.3) is 0 Å². The van der Waals surface area contributed by atoms with Crippen molar-refractivity contribution in [3.05, 3.63) is 0 Å². The smallest absolute Gasteiger partial charge is 0.241 e. The van der Waals surface area contributed by atoms with E-state index in [9.17, 15) is 4.79 Å². The minimum absolute atomic E-state index is 0.0118. The Hall–Kier alpha value is -0.610. The molecular formula is C17H34N2O2.